The molecule has 6 heteroatoms. The molecule has 0 spiro atoms. The molecule has 1 saturated heterocycles. The smallest absolute Gasteiger partial charge is 0.326 e. The van der Waals surface area contributed by atoms with Gasteiger partial charge in [-0.1, -0.05) is 19.8 Å². The van der Waals surface area contributed by atoms with Crippen molar-refractivity contribution in [2.75, 3.05) is 31.2 Å². The van der Waals surface area contributed by atoms with E-state index in [1.165, 1.54) is 0 Å². The number of rotatable bonds is 7. The minimum atomic E-state index is -0.989. The van der Waals surface area contributed by atoms with Crippen molar-refractivity contribution >= 4 is 17.6 Å². The summed E-state index contributed by atoms with van der Waals surface area (Å²) in [5.41, 5.74) is 1.52. The summed E-state index contributed by atoms with van der Waals surface area (Å²) in [4.78, 5) is 25.6. The Kier molecular flexibility index (Phi) is 6.40. The number of aliphatic carboxylic acids is 1. The van der Waals surface area contributed by atoms with Gasteiger partial charge in [0.25, 0.3) is 5.91 Å². The third kappa shape index (κ3) is 4.96. The van der Waals surface area contributed by atoms with Crippen LogP contribution in [0, 0.1) is 0 Å². The van der Waals surface area contributed by atoms with Gasteiger partial charge < -0.3 is 20.1 Å². The average molecular weight is 320 g/mol. The highest BCUT2D eigenvalue weighted by Gasteiger charge is 2.20. The number of ether oxygens (including phenoxy) is 1. The zero-order chi connectivity index (χ0) is 16.7. The number of nitrogens with zero attached hydrogens (tertiary/aromatic N) is 1. The quantitative estimate of drug-likeness (QED) is 0.802. The Balaban J connectivity index is 1.97. The highest BCUT2D eigenvalue weighted by Crippen LogP contribution is 2.17. The molecule has 1 aromatic carbocycles. The van der Waals surface area contributed by atoms with Crippen molar-refractivity contribution in [1.29, 1.82) is 0 Å². The van der Waals surface area contributed by atoms with E-state index in [4.69, 9.17) is 4.74 Å². The minimum absolute atomic E-state index is 0.345. The van der Waals surface area contributed by atoms with Crippen molar-refractivity contribution in [3.05, 3.63) is 29.8 Å². The lowest BCUT2D eigenvalue weighted by atomic mass is 10.1. The highest BCUT2D eigenvalue weighted by molar-refractivity contribution is 5.96. The molecule has 1 aliphatic rings. The molecule has 23 heavy (non-hydrogen) atoms. The number of hydrogen-bond acceptors (Lipinski definition) is 4. The molecule has 0 radical (unpaired) electrons. The summed E-state index contributed by atoms with van der Waals surface area (Å²) in [6.45, 7) is 5.08. The first-order chi connectivity index (χ1) is 11.1. The van der Waals surface area contributed by atoms with Gasteiger partial charge in [0.15, 0.2) is 0 Å². The molecule has 0 saturated carbocycles. The van der Waals surface area contributed by atoms with Crippen LogP contribution in [0.3, 0.4) is 0 Å². The van der Waals surface area contributed by atoms with Crippen LogP contribution in [0.15, 0.2) is 24.3 Å². The monoisotopic (exact) mass is 320 g/mol. The van der Waals surface area contributed by atoms with E-state index in [9.17, 15) is 14.7 Å². The maximum atomic E-state index is 12.2. The van der Waals surface area contributed by atoms with E-state index in [1.807, 2.05) is 19.1 Å². The van der Waals surface area contributed by atoms with E-state index in [0.717, 1.165) is 31.6 Å². The predicted octanol–water partition coefficient (Wildman–Crippen LogP) is 1.90. The van der Waals surface area contributed by atoms with Crippen LogP contribution in [-0.4, -0.2) is 49.3 Å². The van der Waals surface area contributed by atoms with Crippen LogP contribution >= 0.6 is 0 Å². The number of hydrogen-bond donors (Lipinski definition) is 2. The SMILES string of the molecule is CCCC[C@H](NC(=O)c1ccc(N2CCOCC2)cc1)C(=O)O. The lowest BCUT2D eigenvalue weighted by Crippen LogP contribution is -2.40. The summed E-state index contributed by atoms with van der Waals surface area (Å²) in [5.74, 6) is -1.33. The fourth-order valence-electron chi connectivity index (χ4n) is 2.55. The second-order valence-corrected chi connectivity index (χ2v) is 5.65. The molecule has 2 rings (SSSR count). The van der Waals surface area contributed by atoms with E-state index in [1.54, 1.807) is 12.1 Å². The maximum Gasteiger partial charge on any atom is 0.326 e. The Bertz CT molecular complexity index is 524. The number of amides is 1. The molecule has 6 nitrogen and oxygen atoms in total. The first-order valence-corrected chi connectivity index (χ1v) is 8.08. The summed E-state index contributed by atoms with van der Waals surface area (Å²) in [5, 5.41) is 11.8. The Morgan fingerprint density at radius 2 is 1.91 bits per heavy atom. The van der Waals surface area contributed by atoms with Crippen LogP contribution in [0.1, 0.15) is 36.5 Å². The molecule has 0 aromatic heterocycles. The minimum Gasteiger partial charge on any atom is -0.480 e. The molecule has 0 bridgehead atoms. The molecule has 1 fully saturated rings. The fraction of sp³-hybridized carbons (Fsp3) is 0.529. The summed E-state index contributed by atoms with van der Waals surface area (Å²) in [6.07, 6.45) is 2.12. The van der Waals surface area contributed by atoms with Gasteiger partial charge in [-0.2, -0.15) is 0 Å². The number of carboxylic acids is 1. The van der Waals surface area contributed by atoms with Crippen molar-refractivity contribution in [3.8, 4) is 0 Å². The molecule has 0 aliphatic carbocycles. The first-order valence-electron chi connectivity index (χ1n) is 8.08. The number of benzene rings is 1. The van der Waals surface area contributed by atoms with Crippen LogP contribution in [0.5, 0.6) is 0 Å². The zero-order valence-electron chi connectivity index (χ0n) is 13.5. The normalized spacial score (nSPS) is 16.0. The Morgan fingerprint density at radius 3 is 2.48 bits per heavy atom. The Hall–Kier alpha value is -2.08. The van der Waals surface area contributed by atoms with Crippen LogP contribution in [0.2, 0.25) is 0 Å². The summed E-state index contributed by atoms with van der Waals surface area (Å²) < 4.78 is 5.32. The van der Waals surface area contributed by atoms with Crippen LogP contribution in [0.4, 0.5) is 5.69 Å². The second kappa shape index (κ2) is 8.53. The van der Waals surface area contributed by atoms with E-state index in [-0.39, 0.29) is 5.91 Å². The number of carbonyl (C=O) groups excluding carboxylic acids is 1. The lowest BCUT2D eigenvalue weighted by Gasteiger charge is -2.28. The van der Waals surface area contributed by atoms with Crippen molar-refractivity contribution in [1.82, 2.24) is 5.32 Å². The Morgan fingerprint density at radius 1 is 1.26 bits per heavy atom. The van der Waals surface area contributed by atoms with Crippen molar-refractivity contribution in [2.24, 2.45) is 0 Å². The van der Waals surface area contributed by atoms with Gasteiger partial charge in [-0.3, -0.25) is 4.79 Å². The molecule has 2 N–H and O–H groups in total. The largest absolute Gasteiger partial charge is 0.480 e. The summed E-state index contributed by atoms with van der Waals surface area (Å²) in [7, 11) is 0. The molecule has 1 amide bonds. The topological polar surface area (TPSA) is 78.9 Å². The molecular formula is C17H24N2O4. The molecule has 1 atom stereocenters. The van der Waals surface area contributed by atoms with Gasteiger partial charge in [0.2, 0.25) is 0 Å². The standard InChI is InChI=1S/C17H24N2O4/c1-2-3-4-15(17(21)22)18-16(20)13-5-7-14(8-6-13)19-9-11-23-12-10-19/h5-8,15H,2-4,9-12H2,1H3,(H,18,20)(H,21,22)/t15-/m0/s1. The van der Waals surface area contributed by atoms with E-state index >= 15 is 0 Å². The number of unbranched alkanes of at least 4 members (excludes halogenated alkanes) is 1. The molecule has 126 valence electrons. The molecule has 1 heterocycles. The maximum absolute atomic E-state index is 12.2. The number of carbonyl (C=O) groups is 2. The van der Waals surface area contributed by atoms with Crippen LogP contribution in [0.25, 0.3) is 0 Å². The summed E-state index contributed by atoms with van der Waals surface area (Å²) >= 11 is 0. The Labute approximate surface area is 136 Å². The molecular weight excluding hydrogens is 296 g/mol. The third-order valence-electron chi connectivity index (χ3n) is 3.96. The fourth-order valence-corrected chi connectivity index (χ4v) is 2.55. The predicted molar refractivity (Wildman–Crippen MR) is 87.9 cm³/mol. The second-order valence-electron chi connectivity index (χ2n) is 5.65. The number of morpholine rings is 1. The molecule has 1 aromatic rings. The van der Waals surface area contributed by atoms with Gasteiger partial charge in [-0.25, -0.2) is 4.79 Å². The average Bonchev–Trinajstić information content (AvgIpc) is 2.59. The summed E-state index contributed by atoms with van der Waals surface area (Å²) in [6, 6.07) is 6.42. The first kappa shape index (κ1) is 17.3. The van der Waals surface area contributed by atoms with Gasteiger partial charge in [0, 0.05) is 24.3 Å². The van der Waals surface area contributed by atoms with Gasteiger partial charge >= 0.3 is 5.97 Å². The third-order valence-corrected chi connectivity index (χ3v) is 3.96. The van der Waals surface area contributed by atoms with Gasteiger partial charge in [0.1, 0.15) is 6.04 Å². The number of anilines is 1. The zero-order valence-corrected chi connectivity index (χ0v) is 13.5. The van der Waals surface area contributed by atoms with Gasteiger partial charge in [-0.15, -0.1) is 0 Å². The molecule has 1 aliphatic heterocycles. The highest BCUT2D eigenvalue weighted by atomic mass is 16.5. The van der Waals surface area contributed by atoms with Crippen molar-refractivity contribution < 1.29 is 19.4 Å². The van der Waals surface area contributed by atoms with Crippen molar-refractivity contribution in [3.63, 3.8) is 0 Å². The van der Waals surface area contributed by atoms with Gasteiger partial charge in [-0.05, 0) is 30.7 Å². The van der Waals surface area contributed by atoms with Crippen LogP contribution in [-0.2, 0) is 9.53 Å². The number of nitrogens with one attached hydrogen (secondary N) is 1. The van der Waals surface area contributed by atoms with Gasteiger partial charge in [0.05, 0.1) is 13.2 Å². The van der Waals surface area contributed by atoms with Crippen LogP contribution < -0.4 is 10.2 Å². The van der Waals surface area contributed by atoms with E-state index < -0.39 is 12.0 Å². The van der Waals surface area contributed by atoms with E-state index in [2.05, 4.69) is 10.2 Å². The van der Waals surface area contributed by atoms with Crippen molar-refractivity contribution in [2.45, 2.75) is 32.2 Å². The lowest BCUT2D eigenvalue weighted by molar-refractivity contribution is -0.139. The number of carboxylic acid groups (broad SMARTS) is 1. The van der Waals surface area contributed by atoms with E-state index in [0.29, 0.717) is 25.2 Å². The molecule has 0 unspecified atom stereocenters.